The summed E-state index contributed by atoms with van der Waals surface area (Å²) < 4.78 is 10.2. The number of nitrogens with two attached hydrogens (primary N) is 1. The van der Waals surface area contributed by atoms with Crippen LogP contribution in [0.1, 0.15) is 10.4 Å². The molecule has 1 aromatic rings. The molecule has 0 aromatic heterocycles. The summed E-state index contributed by atoms with van der Waals surface area (Å²) in [7, 11) is 2.89. The van der Waals surface area contributed by atoms with E-state index in [-0.39, 0.29) is 24.3 Å². The molecular formula is C13H14N4O3. The predicted molar refractivity (Wildman–Crippen MR) is 71.1 cm³/mol. The molecule has 0 radical (unpaired) electrons. The van der Waals surface area contributed by atoms with Gasteiger partial charge in [-0.2, -0.15) is 10.5 Å². The summed E-state index contributed by atoms with van der Waals surface area (Å²) in [5, 5.41) is 17.4. The zero-order valence-electron chi connectivity index (χ0n) is 11.2. The molecule has 20 heavy (non-hydrogen) atoms. The van der Waals surface area contributed by atoms with Crippen LogP contribution in [0, 0.1) is 22.7 Å². The van der Waals surface area contributed by atoms with Crippen molar-refractivity contribution in [1.82, 2.24) is 4.90 Å². The summed E-state index contributed by atoms with van der Waals surface area (Å²) in [5.41, 5.74) is 6.15. The van der Waals surface area contributed by atoms with Gasteiger partial charge in [-0.05, 0) is 6.07 Å². The Morgan fingerprint density at radius 3 is 2.15 bits per heavy atom. The fourth-order valence-corrected chi connectivity index (χ4v) is 1.62. The number of benzene rings is 1. The predicted octanol–water partition coefficient (Wildman–Crippen LogP) is 0.775. The monoisotopic (exact) mass is 274 g/mol. The number of anilines is 1. The average Bonchev–Trinajstić information content (AvgIpc) is 2.46. The smallest absolute Gasteiger partial charge is 0.257 e. The van der Waals surface area contributed by atoms with Gasteiger partial charge in [0.1, 0.15) is 13.1 Å². The minimum absolute atomic E-state index is 0.160. The van der Waals surface area contributed by atoms with Gasteiger partial charge in [0.25, 0.3) is 5.91 Å². The quantitative estimate of drug-likeness (QED) is 0.627. The number of nitrogen functional groups attached to an aromatic ring is 1. The van der Waals surface area contributed by atoms with Crippen LogP contribution in [0.2, 0.25) is 0 Å². The van der Waals surface area contributed by atoms with Crippen LogP contribution in [0.15, 0.2) is 12.1 Å². The maximum atomic E-state index is 12.3. The molecule has 1 aromatic carbocycles. The number of ether oxygens (including phenoxy) is 2. The highest BCUT2D eigenvalue weighted by Crippen LogP contribution is 2.32. The number of amides is 1. The van der Waals surface area contributed by atoms with E-state index in [0.717, 1.165) is 4.90 Å². The van der Waals surface area contributed by atoms with Crippen molar-refractivity contribution in [2.24, 2.45) is 0 Å². The lowest BCUT2D eigenvalue weighted by atomic mass is 10.1. The van der Waals surface area contributed by atoms with Crippen molar-refractivity contribution in [1.29, 1.82) is 10.5 Å². The normalized spacial score (nSPS) is 9.20. The SMILES string of the molecule is COc1cc(N)c(C(=O)N(CC#N)CC#N)cc1OC. The van der Waals surface area contributed by atoms with Gasteiger partial charge >= 0.3 is 0 Å². The second-order valence-corrected chi connectivity index (χ2v) is 3.77. The van der Waals surface area contributed by atoms with E-state index in [1.54, 1.807) is 0 Å². The van der Waals surface area contributed by atoms with E-state index >= 15 is 0 Å². The van der Waals surface area contributed by atoms with Gasteiger partial charge in [-0.3, -0.25) is 4.79 Å². The molecule has 0 bridgehead atoms. The zero-order chi connectivity index (χ0) is 15.1. The number of hydrogen-bond acceptors (Lipinski definition) is 6. The van der Waals surface area contributed by atoms with E-state index in [9.17, 15) is 4.79 Å². The molecule has 0 spiro atoms. The molecule has 0 aliphatic rings. The number of nitriles is 2. The Hall–Kier alpha value is -2.93. The second-order valence-electron chi connectivity index (χ2n) is 3.77. The maximum absolute atomic E-state index is 12.3. The molecule has 0 atom stereocenters. The number of nitrogens with zero attached hydrogens (tertiary/aromatic N) is 3. The molecule has 7 heteroatoms. The van der Waals surface area contributed by atoms with Gasteiger partial charge in [-0.1, -0.05) is 0 Å². The van der Waals surface area contributed by atoms with Gasteiger partial charge in [0, 0.05) is 11.8 Å². The number of carbonyl (C=O) groups is 1. The Labute approximate surface area is 116 Å². The van der Waals surface area contributed by atoms with Crippen molar-refractivity contribution in [2.75, 3.05) is 33.0 Å². The Bertz CT molecular complexity index is 571. The van der Waals surface area contributed by atoms with E-state index in [4.69, 9.17) is 25.7 Å². The molecule has 0 aliphatic carbocycles. The highest BCUT2D eigenvalue weighted by molar-refractivity contribution is 6.00. The van der Waals surface area contributed by atoms with E-state index in [1.807, 2.05) is 12.1 Å². The first-order valence-corrected chi connectivity index (χ1v) is 5.63. The molecule has 0 aliphatic heterocycles. The lowest BCUT2D eigenvalue weighted by Gasteiger charge is -2.18. The molecule has 0 fully saturated rings. The van der Waals surface area contributed by atoms with Crippen LogP contribution in [-0.4, -0.2) is 38.1 Å². The van der Waals surface area contributed by atoms with Crippen molar-refractivity contribution < 1.29 is 14.3 Å². The molecule has 1 rings (SSSR count). The molecule has 1 amide bonds. The molecular weight excluding hydrogens is 260 g/mol. The Morgan fingerprint density at radius 1 is 1.20 bits per heavy atom. The number of carbonyl (C=O) groups excluding carboxylic acids is 1. The fraction of sp³-hybridized carbons (Fsp3) is 0.308. The summed E-state index contributed by atoms with van der Waals surface area (Å²) in [4.78, 5) is 13.4. The van der Waals surface area contributed by atoms with Gasteiger partial charge in [0.05, 0.1) is 31.9 Å². The lowest BCUT2D eigenvalue weighted by Crippen LogP contribution is -2.32. The van der Waals surface area contributed by atoms with E-state index in [2.05, 4.69) is 0 Å². The van der Waals surface area contributed by atoms with Gasteiger partial charge in [-0.25, -0.2) is 0 Å². The maximum Gasteiger partial charge on any atom is 0.257 e. The summed E-state index contributed by atoms with van der Waals surface area (Å²) in [6.07, 6.45) is 0. The Balaban J connectivity index is 3.21. The van der Waals surface area contributed by atoms with Crippen LogP contribution in [0.3, 0.4) is 0 Å². The van der Waals surface area contributed by atoms with Gasteiger partial charge in [0.15, 0.2) is 11.5 Å². The Kier molecular flexibility index (Phi) is 5.19. The summed E-state index contributed by atoms with van der Waals surface area (Å²) in [6, 6.07) is 6.55. The molecule has 0 unspecified atom stereocenters. The first-order valence-electron chi connectivity index (χ1n) is 5.63. The topological polar surface area (TPSA) is 112 Å². The number of methoxy groups -OCH3 is 2. The zero-order valence-corrected chi connectivity index (χ0v) is 11.2. The molecule has 2 N–H and O–H groups in total. The third-order valence-electron chi connectivity index (χ3n) is 2.60. The van der Waals surface area contributed by atoms with Crippen LogP contribution in [0.25, 0.3) is 0 Å². The van der Waals surface area contributed by atoms with Gasteiger partial charge in [-0.15, -0.1) is 0 Å². The number of hydrogen-bond donors (Lipinski definition) is 1. The van der Waals surface area contributed by atoms with Crippen molar-refractivity contribution in [3.8, 4) is 23.6 Å². The van der Waals surface area contributed by atoms with Crippen molar-refractivity contribution >= 4 is 11.6 Å². The van der Waals surface area contributed by atoms with Crippen LogP contribution in [-0.2, 0) is 0 Å². The summed E-state index contributed by atoms with van der Waals surface area (Å²) in [6.45, 7) is -0.389. The largest absolute Gasteiger partial charge is 0.493 e. The lowest BCUT2D eigenvalue weighted by molar-refractivity contribution is 0.0795. The highest BCUT2D eigenvalue weighted by atomic mass is 16.5. The van der Waals surface area contributed by atoms with Crippen molar-refractivity contribution in [3.05, 3.63) is 17.7 Å². The van der Waals surface area contributed by atoms with Gasteiger partial charge < -0.3 is 20.1 Å². The van der Waals surface area contributed by atoms with Crippen LogP contribution < -0.4 is 15.2 Å². The molecule has 104 valence electrons. The number of rotatable bonds is 5. The highest BCUT2D eigenvalue weighted by Gasteiger charge is 2.20. The first kappa shape index (κ1) is 15.1. The van der Waals surface area contributed by atoms with Crippen LogP contribution >= 0.6 is 0 Å². The van der Waals surface area contributed by atoms with Crippen LogP contribution in [0.4, 0.5) is 5.69 Å². The third kappa shape index (κ3) is 3.09. The summed E-state index contributed by atoms with van der Waals surface area (Å²) >= 11 is 0. The minimum atomic E-state index is -0.508. The molecule has 0 saturated heterocycles. The first-order chi connectivity index (χ1) is 9.58. The van der Waals surface area contributed by atoms with Gasteiger partial charge in [0.2, 0.25) is 0 Å². The van der Waals surface area contributed by atoms with Crippen molar-refractivity contribution in [3.63, 3.8) is 0 Å². The minimum Gasteiger partial charge on any atom is -0.493 e. The molecule has 0 heterocycles. The van der Waals surface area contributed by atoms with E-state index in [1.165, 1.54) is 26.4 Å². The molecule has 0 saturated carbocycles. The van der Waals surface area contributed by atoms with E-state index < -0.39 is 5.91 Å². The summed E-state index contributed by atoms with van der Waals surface area (Å²) in [5.74, 6) is 0.235. The third-order valence-corrected chi connectivity index (χ3v) is 2.60. The standard InChI is InChI=1S/C13H14N4O3/c1-19-11-7-9(10(16)8-12(11)20-2)13(18)17(5-3-14)6-4-15/h7-8H,5-6,16H2,1-2H3. The fourth-order valence-electron chi connectivity index (χ4n) is 1.62. The average molecular weight is 274 g/mol. The second kappa shape index (κ2) is 6.86. The molecule has 7 nitrogen and oxygen atoms in total. The van der Waals surface area contributed by atoms with Crippen molar-refractivity contribution in [2.45, 2.75) is 0 Å². The van der Waals surface area contributed by atoms with Crippen LogP contribution in [0.5, 0.6) is 11.5 Å². The van der Waals surface area contributed by atoms with E-state index in [0.29, 0.717) is 11.5 Å². The Morgan fingerprint density at radius 2 is 1.70 bits per heavy atom.